The third kappa shape index (κ3) is 4.41. The van der Waals surface area contributed by atoms with Crippen LogP contribution >= 0.6 is 0 Å². The fraction of sp³-hybridized carbons (Fsp3) is 0.818. The van der Waals surface area contributed by atoms with Gasteiger partial charge in [-0.3, -0.25) is 0 Å². The van der Waals surface area contributed by atoms with Crippen LogP contribution in [0.3, 0.4) is 0 Å². The van der Waals surface area contributed by atoms with Gasteiger partial charge in [0.15, 0.2) is 5.82 Å². The van der Waals surface area contributed by atoms with E-state index >= 15 is 0 Å². The molecule has 0 spiro atoms. The molecule has 0 atom stereocenters. The fourth-order valence-corrected chi connectivity index (χ4v) is 1.52. The maximum Gasteiger partial charge on any atom is 0.158 e. The molecule has 0 unspecified atom stereocenters. The molecular formula is C11H21N3O3. The zero-order chi connectivity index (χ0) is 12.5. The molecule has 0 saturated carbocycles. The Morgan fingerprint density at radius 1 is 1.18 bits per heavy atom. The lowest BCUT2D eigenvalue weighted by molar-refractivity contribution is 0.135. The topological polar surface area (TPSA) is 69.4 Å². The van der Waals surface area contributed by atoms with Crippen LogP contribution in [0, 0.1) is 0 Å². The van der Waals surface area contributed by atoms with Gasteiger partial charge in [0.2, 0.25) is 0 Å². The van der Waals surface area contributed by atoms with Gasteiger partial charge in [0.05, 0.1) is 13.2 Å². The van der Waals surface area contributed by atoms with Crippen molar-refractivity contribution >= 4 is 0 Å². The molecule has 6 heteroatoms. The molecule has 1 rings (SSSR count). The summed E-state index contributed by atoms with van der Waals surface area (Å²) in [6.07, 6.45) is 1.72. The minimum absolute atomic E-state index is 0.105. The summed E-state index contributed by atoms with van der Waals surface area (Å²) in [5, 5.41) is 17.1. The minimum atomic E-state index is -0.105. The highest BCUT2D eigenvalue weighted by Gasteiger charge is 2.10. The Labute approximate surface area is 102 Å². The van der Waals surface area contributed by atoms with Crippen LogP contribution in [0.25, 0.3) is 0 Å². The molecular weight excluding hydrogens is 222 g/mol. The molecule has 0 amide bonds. The number of ether oxygens (including phenoxy) is 2. The SMILES string of the molecule is CCCOCCc1nnc(CO)n1CCOC. The van der Waals surface area contributed by atoms with Crippen LogP contribution in [-0.2, 0) is 29.0 Å². The molecule has 0 fully saturated rings. The van der Waals surface area contributed by atoms with E-state index in [9.17, 15) is 0 Å². The molecule has 0 aliphatic rings. The Hall–Kier alpha value is -0.980. The van der Waals surface area contributed by atoms with Gasteiger partial charge in [-0.05, 0) is 6.42 Å². The predicted molar refractivity (Wildman–Crippen MR) is 62.6 cm³/mol. The predicted octanol–water partition coefficient (Wildman–Crippen LogP) is 0.386. The van der Waals surface area contributed by atoms with Crippen molar-refractivity contribution in [3.05, 3.63) is 11.6 Å². The zero-order valence-electron chi connectivity index (χ0n) is 10.6. The number of rotatable bonds is 9. The quantitative estimate of drug-likeness (QED) is 0.635. The van der Waals surface area contributed by atoms with Crippen molar-refractivity contribution in [1.82, 2.24) is 14.8 Å². The summed E-state index contributed by atoms with van der Waals surface area (Å²) in [7, 11) is 1.65. The first-order valence-electron chi connectivity index (χ1n) is 5.92. The summed E-state index contributed by atoms with van der Waals surface area (Å²) in [4.78, 5) is 0. The first-order chi connectivity index (χ1) is 8.33. The molecule has 1 aromatic heterocycles. The van der Waals surface area contributed by atoms with Crippen molar-refractivity contribution in [2.75, 3.05) is 26.9 Å². The molecule has 98 valence electrons. The van der Waals surface area contributed by atoms with Gasteiger partial charge in [0.25, 0.3) is 0 Å². The van der Waals surface area contributed by atoms with Crippen molar-refractivity contribution in [1.29, 1.82) is 0 Å². The van der Waals surface area contributed by atoms with Crippen molar-refractivity contribution in [3.8, 4) is 0 Å². The number of hydrogen-bond acceptors (Lipinski definition) is 5. The number of nitrogens with zero attached hydrogens (tertiary/aromatic N) is 3. The van der Waals surface area contributed by atoms with Crippen LogP contribution in [-0.4, -0.2) is 46.8 Å². The van der Waals surface area contributed by atoms with Gasteiger partial charge in [0.1, 0.15) is 12.4 Å². The normalized spacial score (nSPS) is 11.0. The molecule has 6 nitrogen and oxygen atoms in total. The molecule has 0 aliphatic carbocycles. The first kappa shape index (κ1) is 14.1. The number of aliphatic hydroxyl groups excluding tert-OH is 1. The average Bonchev–Trinajstić information content (AvgIpc) is 2.74. The summed E-state index contributed by atoms with van der Waals surface area (Å²) in [5.74, 6) is 1.41. The molecule has 0 aliphatic heterocycles. The molecule has 0 saturated heterocycles. The molecule has 0 bridgehead atoms. The maximum atomic E-state index is 9.15. The van der Waals surface area contributed by atoms with E-state index in [1.807, 2.05) is 4.57 Å². The molecule has 1 aromatic rings. The lowest BCUT2D eigenvalue weighted by Gasteiger charge is -2.08. The minimum Gasteiger partial charge on any atom is -0.388 e. The highest BCUT2D eigenvalue weighted by atomic mass is 16.5. The largest absolute Gasteiger partial charge is 0.388 e. The Kier molecular flexibility index (Phi) is 6.76. The lowest BCUT2D eigenvalue weighted by atomic mass is 10.4. The summed E-state index contributed by atoms with van der Waals surface area (Å²) in [6, 6.07) is 0. The second-order valence-electron chi connectivity index (χ2n) is 3.70. The number of aliphatic hydroxyl groups is 1. The van der Waals surface area contributed by atoms with Crippen LogP contribution < -0.4 is 0 Å². The highest BCUT2D eigenvalue weighted by molar-refractivity contribution is 4.95. The summed E-state index contributed by atoms with van der Waals surface area (Å²) in [5.41, 5.74) is 0. The number of methoxy groups -OCH3 is 1. The van der Waals surface area contributed by atoms with E-state index in [0.29, 0.717) is 32.0 Å². The molecule has 1 N–H and O–H groups in total. The van der Waals surface area contributed by atoms with E-state index in [-0.39, 0.29) is 6.61 Å². The number of hydrogen-bond donors (Lipinski definition) is 1. The summed E-state index contributed by atoms with van der Waals surface area (Å²) < 4.78 is 12.3. The van der Waals surface area contributed by atoms with Gasteiger partial charge >= 0.3 is 0 Å². The van der Waals surface area contributed by atoms with Crippen molar-refractivity contribution in [2.45, 2.75) is 32.9 Å². The van der Waals surface area contributed by atoms with E-state index < -0.39 is 0 Å². The Morgan fingerprint density at radius 2 is 1.94 bits per heavy atom. The van der Waals surface area contributed by atoms with E-state index in [0.717, 1.165) is 18.9 Å². The van der Waals surface area contributed by atoms with Crippen LogP contribution in [0.2, 0.25) is 0 Å². The van der Waals surface area contributed by atoms with E-state index in [1.54, 1.807) is 7.11 Å². The molecule has 0 aromatic carbocycles. The summed E-state index contributed by atoms with van der Waals surface area (Å²) >= 11 is 0. The Bertz CT molecular complexity index is 315. The first-order valence-corrected chi connectivity index (χ1v) is 5.92. The second-order valence-corrected chi connectivity index (χ2v) is 3.70. The lowest BCUT2D eigenvalue weighted by Crippen LogP contribution is -2.13. The zero-order valence-corrected chi connectivity index (χ0v) is 10.6. The van der Waals surface area contributed by atoms with E-state index in [1.165, 1.54) is 0 Å². The van der Waals surface area contributed by atoms with Gasteiger partial charge in [-0.2, -0.15) is 0 Å². The third-order valence-electron chi connectivity index (χ3n) is 2.38. The average molecular weight is 243 g/mol. The van der Waals surface area contributed by atoms with Gasteiger partial charge in [-0.15, -0.1) is 10.2 Å². The second kappa shape index (κ2) is 8.16. The fourth-order valence-electron chi connectivity index (χ4n) is 1.52. The van der Waals surface area contributed by atoms with Crippen LogP contribution in [0.15, 0.2) is 0 Å². The Morgan fingerprint density at radius 3 is 2.59 bits per heavy atom. The van der Waals surface area contributed by atoms with Crippen molar-refractivity contribution in [2.24, 2.45) is 0 Å². The number of aromatic nitrogens is 3. The molecule has 0 radical (unpaired) electrons. The van der Waals surface area contributed by atoms with Crippen molar-refractivity contribution < 1.29 is 14.6 Å². The smallest absolute Gasteiger partial charge is 0.158 e. The Balaban J connectivity index is 2.53. The van der Waals surface area contributed by atoms with Gasteiger partial charge in [0, 0.05) is 26.7 Å². The monoisotopic (exact) mass is 243 g/mol. The maximum absolute atomic E-state index is 9.15. The van der Waals surface area contributed by atoms with Gasteiger partial charge < -0.3 is 19.1 Å². The van der Waals surface area contributed by atoms with Crippen LogP contribution in [0.4, 0.5) is 0 Å². The van der Waals surface area contributed by atoms with Crippen LogP contribution in [0.1, 0.15) is 25.0 Å². The standard InChI is InChI=1S/C11H21N3O3/c1-3-6-17-7-4-10-12-13-11(9-15)14(10)5-8-16-2/h15H,3-9H2,1-2H3. The van der Waals surface area contributed by atoms with Crippen LogP contribution in [0.5, 0.6) is 0 Å². The molecule has 17 heavy (non-hydrogen) atoms. The van der Waals surface area contributed by atoms with Gasteiger partial charge in [-0.25, -0.2) is 0 Å². The van der Waals surface area contributed by atoms with Crippen molar-refractivity contribution in [3.63, 3.8) is 0 Å². The van der Waals surface area contributed by atoms with Gasteiger partial charge in [-0.1, -0.05) is 6.92 Å². The van der Waals surface area contributed by atoms with E-state index in [4.69, 9.17) is 14.6 Å². The highest BCUT2D eigenvalue weighted by Crippen LogP contribution is 2.04. The third-order valence-corrected chi connectivity index (χ3v) is 2.38. The summed E-state index contributed by atoms with van der Waals surface area (Å²) in [6.45, 7) is 4.59. The molecule has 1 heterocycles. The van der Waals surface area contributed by atoms with E-state index in [2.05, 4.69) is 17.1 Å².